The minimum absolute atomic E-state index is 0.0160. The summed E-state index contributed by atoms with van der Waals surface area (Å²) in [5, 5.41) is 10.4. The average Bonchev–Trinajstić information content (AvgIpc) is 2.83. The second-order valence-electron chi connectivity index (χ2n) is 5.32. The van der Waals surface area contributed by atoms with E-state index in [9.17, 15) is 9.90 Å². The van der Waals surface area contributed by atoms with Crippen LogP contribution in [0.3, 0.4) is 0 Å². The Bertz CT molecular complexity index is 686. The summed E-state index contributed by atoms with van der Waals surface area (Å²) < 4.78 is 1.96. The number of rotatable bonds is 2. The quantitative estimate of drug-likeness (QED) is 0.854. The number of likely N-dealkylation sites (tertiary alicyclic amines) is 1. The van der Waals surface area contributed by atoms with Crippen molar-refractivity contribution >= 4 is 48.9 Å². The molecule has 0 saturated carbocycles. The van der Waals surface area contributed by atoms with E-state index >= 15 is 0 Å². The zero-order valence-electron chi connectivity index (χ0n) is 11.5. The largest absolute Gasteiger partial charge is 0.397 e. The van der Waals surface area contributed by atoms with Crippen LogP contribution in [0.5, 0.6) is 0 Å². The van der Waals surface area contributed by atoms with Gasteiger partial charge in [0, 0.05) is 21.1 Å². The first-order valence-electron chi connectivity index (χ1n) is 7.01. The van der Waals surface area contributed by atoms with E-state index in [1.165, 1.54) is 11.3 Å². The molecule has 0 aliphatic carbocycles. The molecular formula is C15H17BrN2O2S. The summed E-state index contributed by atoms with van der Waals surface area (Å²) in [6, 6.07) is 5.78. The molecule has 1 aromatic carbocycles. The average molecular weight is 369 g/mol. The highest BCUT2D eigenvalue weighted by Crippen LogP contribution is 2.36. The fourth-order valence-electron chi connectivity index (χ4n) is 2.84. The maximum Gasteiger partial charge on any atom is 0.266 e. The minimum atomic E-state index is -0.0809. The van der Waals surface area contributed by atoms with Crippen molar-refractivity contribution in [3.63, 3.8) is 0 Å². The van der Waals surface area contributed by atoms with Gasteiger partial charge in [-0.3, -0.25) is 4.79 Å². The van der Waals surface area contributed by atoms with Gasteiger partial charge in [-0.1, -0.05) is 15.9 Å². The smallest absolute Gasteiger partial charge is 0.266 e. The molecule has 1 aromatic heterocycles. The highest BCUT2D eigenvalue weighted by molar-refractivity contribution is 9.10. The number of nitrogens with two attached hydrogens (primary N) is 1. The van der Waals surface area contributed by atoms with Gasteiger partial charge < -0.3 is 15.7 Å². The van der Waals surface area contributed by atoms with Crippen LogP contribution < -0.4 is 5.73 Å². The molecule has 1 fully saturated rings. The Morgan fingerprint density at radius 2 is 2.29 bits per heavy atom. The Hall–Kier alpha value is -1.11. The molecule has 6 heteroatoms. The molecule has 112 valence electrons. The second-order valence-corrected chi connectivity index (χ2v) is 7.28. The Balaban J connectivity index is 1.99. The monoisotopic (exact) mass is 368 g/mol. The van der Waals surface area contributed by atoms with Gasteiger partial charge in [0.25, 0.3) is 5.91 Å². The van der Waals surface area contributed by atoms with E-state index < -0.39 is 0 Å². The van der Waals surface area contributed by atoms with Crippen LogP contribution >= 0.6 is 27.3 Å². The number of fused-ring (bicyclic) bond motifs is 1. The molecule has 4 nitrogen and oxygen atoms in total. The summed E-state index contributed by atoms with van der Waals surface area (Å²) >= 11 is 4.86. The summed E-state index contributed by atoms with van der Waals surface area (Å²) in [5.41, 5.74) is 6.73. The van der Waals surface area contributed by atoms with Crippen LogP contribution in [0.25, 0.3) is 10.1 Å². The fraction of sp³-hybridized carbons (Fsp3) is 0.400. The maximum absolute atomic E-state index is 12.8. The predicted molar refractivity (Wildman–Crippen MR) is 89.7 cm³/mol. The number of nitrogen functional groups attached to an aromatic ring is 1. The number of benzene rings is 1. The molecule has 2 heterocycles. The van der Waals surface area contributed by atoms with Crippen molar-refractivity contribution in [1.29, 1.82) is 0 Å². The van der Waals surface area contributed by atoms with Crippen molar-refractivity contribution in [3.05, 3.63) is 27.5 Å². The number of amides is 1. The van der Waals surface area contributed by atoms with E-state index in [4.69, 9.17) is 5.73 Å². The van der Waals surface area contributed by atoms with Crippen LogP contribution in [0.15, 0.2) is 22.7 Å². The second kappa shape index (κ2) is 5.94. The molecule has 1 aliphatic rings. The lowest BCUT2D eigenvalue weighted by atomic mass is 10.0. The van der Waals surface area contributed by atoms with E-state index in [1.807, 2.05) is 18.2 Å². The van der Waals surface area contributed by atoms with Crippen molar-refractivity contribution < 1.29 is 9.90 Å². The summed E-state index contributed by atoms with van der Waals surface area (Å²) in [6.45, 7) is 0.712. The summed E-state index contributed by atoms with van der Waals surface area (Å²) in [6.07, 6.45) is 2.90. The van der Waals surface area contributed by atoms with Crippen LogP contribution in [0.4, 0.5) is 5.69 Å². The van der Waals surface area contributed by atoms with Gasteiger partial charge in [0.05, 0.1) is 18.3 Å². The lowest BCUT2D eigenvalue weighted by Crippen LogP contribution is -2.45. The molecule has 1 amide bonds. The first-order chi connectivity index (χ1) is 10.1. The van der Waals surface area contributed by atoms with Crippen LogP contribution in [0.2, 0.25) is 0 Å². The number of aliphatic hydroxyl groups excluding tert-OH is 1. The van der Waals surface area contributed by atoms with Crippen LogP contribution in [0.1, 0.15) is 28.9 Å². The van der Waals surface area contributed by atoms with Gasteiger partial charge in [0.15, 0.2) is 0 Å². The lowest BCUT2D eigenvalue weighted by Gasteiger charge is -2.34. The van der Waals surface area contributed by atoms with E-state index in [1.54, 1.807) is 4.90 Å². The van der Waals surface area contributed by atoms with Gasteiger partial charge >= 0.3 is 0 Å². The summed E-state index contributed by atoms with van der Waals surface area (Å²) in [5.74, 6) is -0.0522. The van der Waals surface area contributed by atoms with Crippen LogP contribution in [-0.2, 0) is 0 Å². The number of hydrogen-bond donors (Lipinski definition) is 2. The number of nitrogens with zero attached hydrogens (tertiary/aromatic N) is 1. The first kappa shape index (κ1) is 14.8. The van der Waals surface area contributed by atoms with Crippen molar-refractivity contribution in [3.8, 4) is 0 Å². The van der Waals surface area contributed by atoms with Gasteiger partial charge in [0.2, 0.25) is 0 Å². The van der Waals surface area contributed by atoms with Crippen LogP contribution in [-0.4, -0.2) is 35.1 Å². The van der Waals surface area contributed by atoms with Gasteiger partial charge in [-0.05, 0) is 37.5 Å². The standard InChI is InChI=1S/C15H17BrN2O2S/c16-9-4-5-12-11(7-9)13(17)14(21-12)15(20)18-6-2-1-3-10(18)8-19/h4-5,7,10,19H,1-3,6,8,17H2. The number of halogens is 1. The number of thiophene rings is 1. The third-order valence-corrected chi connectivity index (χ3v) is 5.65. The van der Waals surface area contributed by atoms with Crippen molar-refractivity contribution in [2.45, 2.75) is 25.3 Å². The predicted octanol–water partition coefficient (Wildman–Crippen LogP) is 3.23. The van der Waals surface area contributed by atoms with E-state index in [-0.39, 0.29) is 18.6 Å². The van der Waals surface area contributed by atoms with Gasteiger partial charge in [-0.25, -0.2) is 0 Å². The molecule has 1 atom stereocenters. The molecule has 1 saturated heterocycles. The molecule has 3 N–H and O–H groups in total. The van der Waals surface area contributed by atoms with Gasteiger partial charge in [-0.15, -0.1) is 11.3 Å². The Morgan fingerprint density at radius 1 is 1.48 bits per heavy atom. The van der Waals surface area contributed by atoms with Crippen molar-refractivity contribution in [1.82, 2.24) is 4.90 Å². The number of piperidine rings is 1. The third kappa shape index (κ3) is 2.67. The molecule has 1 unspecified atom stereocenters. The highest BCUT2D eigenvalue weighted by atomic mass is 79.9. The SMILES string of the molecule is Nc1c(C(=O)N2CCCCC2CO)sc2ccc(Br)cc12. The van der Waals surface area contributed by atoms with E-state index in [0.717, 1.165) is 33.8 Å². The number of carbonyl (C=O) groups is 1. The first-order valence-corrected chi connectivity index (χ1v) is 8.62. The fourth-order valence-corrected chi connectivity index (χ4v) is 4.26. The Morgan fingerprint density at radius 3 is 3.05 bits per heavy atom. The third-order valence-electron chi connectivity index (χ3n) is 3.98. The topological polar surface area (TPSA) is 66.6 Å². The van der Waals surface area contributed by atoms with E-state index in [0.29, 0.717) is 17.1 Å². The Kier molecular flexibility index (Phi) is 4.19. The zero-order chi connectivity index (χ0) is 15.0. The molecule has 2 aromatic rings. The van der Waals surface area contributed by atoms with Gasteiger partial charge in [-0.2, -0.15) is 0 Å². The zero-order valence-corrected chi connectivity index (χ0v) is 13.9. The summed E-state index contributed by atoms with van der Waals surface area (Å²) in [4.78, 5) is 15.1. The molecule has 21 heavy (non-hydrogen) atoms. The molecule has 0 spiro atoms. The maximum atomic E-state index is 12.8. The van der Waals surface area contributed by atoms with Gasteiger partial charge in [0.1, 0.15) is 4.88 Å². The lowest BCUT2D eigenvalue weighted by molar-refractivity contribution is 0.0509. The molecule has 3 rings (SSSR count). The number of aliphatic hydroxyl groups is 1. The summed E-state index contributed by atoms with van der Waals surface area (Å²) in [7, 11) is 0. The number of carbonyl (C=O) groups excluding carboxylic acids is 1. The minimum Gasteiger partial charge on any atom is -0.397 e. The number of hydrogen-bond acceptors (Lipinski definition) is 4. The van der Waals surface area contributed by atoms with E-state index in [2.05, 4.69) is 15.9 Å². The molecule has 0 radical (unpaired) electrons. The number of anilines is 1. The van der Waals surface area contributed by atoms with Crippen molar-refractivity contribution in [2.75, 3.05) is 18.9 Å². The molecular weight excluding hydrogens is 352 g/mol. The normalized spacial score (nSPS) is 19.1. The van der Waals surface area contributed by atoms with Crippen molar-refractivity contribution in [2.24, 2.45) is 0 Å². The van der Waals surface area contributed by atoms with Crippen LogP contribution in [0, 0.1) is 0 Å². The highest BCUT2D eigenvalue weighted by Gasteiger charge is 2.29. The molecule has 0 bridgehead atoms. The Labute approximate surface area is 135 Å². The molecule has 1 aliphatic heterocycles.